The number of hydrogen-bond donors (Lipinski definition) is 1. The molecule has 1 unspecified atom stereocenters. The second-order valence-corrected chi connectivity index (χ2v) is 7.22. The number of ether oxygens (including phenoxy) is 1. The Morgan fingerprint density at radius 3 is 2.50 bits per heavy atom. The summed E-state index contributed by atoms with van der Waals surface area (Å²) in [5.41, 5.74) is 1.02. The van der Waals surface area contributed by atoms with Gasteiger partial charge in [-0.1, -0.05) is 6.92 Å². The Hall–Kier alpha value is 0.680. The Balaban J connectivity index is 3.11. The van der Waals surface area contributed by atoms with Gasteiger partial charge in [-0.2, -0.15) is 0 Å². The minimum Gasteiger partial charge on any atom is -0.506 e. The third kappa shape index (κ3) is 3.84. The summed E-state index contributed by atoms with van der Waals surface area (Å²) in [6, 6.07) is 1.93. The van der Waals surface area contributed by atoms with Gasteiger partial charge in [0.2, 0.25) is 0 Å². The molecule has 100 valence electrons. The van der Waals surface area contributed by atoms with Gasteiger partial charge in [-0.05, 0) is 92.2 Å². The molecule has 0 aromatic heterocycles. The summed E-state index contributed by atoms with van der Waals surface area (Å²) in [4.78, 5) is 11.6. The second-order valence-electron chi connectivity index (χ2n) is 3.81. The van der Waals surface area contributed by atoms with E-state index in [1.54, 1.807) is 0 Å². The number of carbonyl (C=O) groups excluding carboxylic acids is 1. The first-order valence-electron chi connectivity index (χ1n) is 5.35. The molecule has 0 bridgehead atoms. The van der Waals surface area contributed by atoms with Crippen molar-refractivity contribution >= 4 is 73.7 Å². The van der Waals surface area contributed by atoms with E-state index in [1.807, 2.05) is 13.0 Å². The number of rotatable bonds is 4. The molecule has 0 fully saturated rings. The number of carbonyl (C=O) groups is 1. The molecule has 0 aliphatic heterocycles. The van der Waals surface area contributed by atoms with E-state index in [9.17, 15) is 9.90 Å². The molecule has 0 aliphatic carbocycles. The molecule has 0 aliphatic rings. The maximum Gasteiger partial charge on any atom is 0.308 e. The number of phenols is 1. The Morgan fingerprint density at radius 1 is 1.39 bits per heavy atom. The van der Waals surface area contributed by atoms with Crippen molar-refractivity contribution in [1.29, 1.82) is 0 Å². The number of benzene rings is 1. The summed E-state index contributed by atoms with van der Waals surface area (Å²) in [7, 11) is 1.41. The van der Waals surface area contributed by atoms with Crippen LogP contribution in [0.25, 0.3) is 0 Å². The predicted octanol–water partition coefficient (Wildman–Crippen LogP) is 3.95. The van der Waals surface area contributed by atoms with E-state index in [0.717, 1.165) is 22.7 Å². The lowest BCUT2D eigenvalue weighted by Gasteiger charge is -2.16. The van der Waals surface area contributed by atoms with Gasteiger partial charge in [0.15, 0.2) is 0 Å². The topological polar surface area (TPSA) is 46.5 Å². The average molecular weight is 586 g/mol. The molecule has 1 aromatic rings. The maximum atomic E-state index is 11.6. The SMILES string of the molecule is CCC(Cc1c(I)cc(I)c(O)c1I)C(=O)OC. The van der Waals surface area contributed by atoms with Gasteiger partial charge in [0.1, 0.15) is 5.75 Å². The molecule has 18 heavy (non-hydrogen) atoms. The summed E-state index contributed by atoms with van der Waals surface area (Å²) in [6.07, 6.45) is 1.33. The highest BCUT2D eigenvalue weighted by molar-refractivity contribution is 14.1. The zero-order chi connectivity index (χ0) is 13.9. The minimum absolute atomic E-state index is 0.156. The fraction of sp³-hybridized carbons (Fsp3) is 0.417. The summed E-state index contributed by atoms with van der Waals surface area (Å²) in [5.74, 6) is -0.0510. The van der Waals surface area contributed by atoms with Crippen molar-refractivity contribution in [3.8, 4) is 5.75 Å². The average Bonchev–Trinajstić information content (AvgIpc) is 2.35. The first kappa shape index (κ1) is 16.7. The quantitative estimate of drug-likeness (QED) is 0.430. The largest absolute Gasteiger partial charge is 0.506 e. The van der Waals surface area contributed by atoms with Crippen LogP contribution in [0, 0.1) is 16.6 Å². The zero-order valence-electron chi connectivity index (χ0n) is 9.97. The first-order valence-corrected chi connectivity index (χ1v) is 8.59. The Labute approximate surface area is 147 Å². The normalized spacial score (nSPS) is 12.3. The molecular weight excluding hydrogens is 573 g/mol. The van der Waals surface area contributed by atoms with Crippen LogP contribution in [0.2, 0.25) is 0 Å². The highest BCUT2D eigenvalue weighted by Crippen LogP contribution is 2.34. The van der Waals surface area contributed by atoms with Crippen molar-refractivity contribution in [2.24, 2.45) is 5.92 Å². The number of esters is 1. The lowest BCUT2D eigenvalue weighted by Crippen LogP contribution is -2.19. The summed E-state index contributed by atoms with van der Waals surface area (Å²) in [6.45, 7) is 1.97. The van der Waals surface area contributed by atoms with Gasteiger partial charge < -0.3 is 9.84 Å². The molecule has 0 heterocycles. The van der Waals surface area contributed by atoms with Crippen molar-refractivity contribution < 1.29 is 14.6 Å². The van der Waals surface area contributed by atoms with Crippen LogP contribution in [0.4, 0.5) is 0 Å². The summed E-state index contributed by atoms with van der Waals surface area (Å²) >= 11 is 6.48. The molecule has 0 spiro atoms. The zero-order valence-corrected chi connectivity index (χ0v) is 16.4. The number of methoxy groups -OCH3 is 1. The van der Waals surface area contributed by atoms with Crippen molar-refractivity contribution in [2.75, 3.05) is 7.11 Å². The van der Waals surface area contributed by atoms with Crippen molar-refractivity contribution in [3.05, 3.63) is 22.3 Å². The van der Waals surface area contributed by atoms with Gasteiger partial charge in [0, 0.05) is 3.57 Å². The summed E-state index contributed by atoms with van der Waals surface area (Å²) < 4.78 is 7.53. The van der Waals surface area contributed by atoms with Gasteiger partial charge >= 0.3 is 5.97 Å². The minimum atomic E-state index is -0.192. The van der Waals surface area contributed by atoms with Gasteiger partial charge in [-0.15, -0.1) is 0 Å². The molecular formula is C12H13I3O3. The van der Waals surface area contributed by atoms with E-state index in [4.69, 9.17) is 4.74 Å². The van der Waals surface area contributed by atoms with Crippen LogP contribution in [0.5, 0.6) is 5.75 Å². The predicted molar refractivity (Wildman–Crippen MR) is 95.8 cm³/mol. The van der Waals surface area contributed by atoms with Crippen LogP contribution < -0.4 is 0 Å². The van der Waals surface area contributed by atoms with Gasteiger partial charge in [0.05, 0.1) is 20.2 Å². The van der Waals surface area contributed by atoms with E-state index >= 15 is 0 Å². The molecule has 1 rings (SSSR count). The van der Waals surface area contributed by atoms with E-state index in [2.05, 4.69) is 67.8 Å². The Kier molecular flexibility index (Phi) is 6.93. The van der Waals surface area contributed by atoms with Crippen molar-refractivity contribution in [3.63, 3.8) is 0 Å². The fourth-order valence-electron chi connectivity index (χ4n) is 1.61. The molecule has 6 heteroatoms. The van der Waals surface area contributed by atoms with E-state index in [0.29, 0.717) is 12.2 Å². The molecule has 0 amide bonds. The van der Waals surface area contributed by atoms with Gasteiger partial charge in [-0.25, -0.2) is 0 Å². The number of phenolic OH excluding ortho intramolecular Hbond substituents is 1. The monoisotopic (exact) mass is 586 g/mol. The summed E-state index contributed by atoms with van der Waals surface area (Å²) in [5, 5.41) is 9.96. The standard InChI is InChI=1S/C12H13I3O3/c1-3-6(12(17)18-2)4-7-8(13)5-9(14)11(16)10(7)15/h5-6,16H,3-4H2,1-2H3. The second kappa shape index (κ2) is 7.46. The maximum absolute atomic E-state index is 11.6. The Morgan fingerprint density at radius 2 is 2.00 bits per heavy atom. The van der Waals surface area contributed by atoms with Crippen LogP contribution in [0.15, 0.2) is 6.07 Å². The number of hydrogen-bond acceptors (Lipinski definition) is 3. The smallest absolute Gasteiger partial charge is 0.308 e. The van der Waals surface area contributed by atoms with E-state index in [1.165, 1.54) is 7.11 Å². The van der Waals surface area contributed by atoms with Crippen molar-refractivity contribution in [2.45, 2.75) is 19.8 Å². The molecule has 1 atom stereocenters. The van der Waals surface area contributed by atoms with Crippen LogP contribution in [-0.4, -0.2) is 18.2 Å². The number of aromatic hydroxyl groups is 1. The van der Waals surface area contributed by atoms with Crippen LogP contribution in [0.3, 0.4) is 0 Å². The molecule has 0 radical (unpaired) electrons. The lowest BCUT2D eigenvalue weighted by atomic mass is 9.97. The van der Waals surface area contributed by atoms with Crippen molar-refractivity contribution in [1.82, 2.24) is 0 Å². The highest BCUT2D eigenvalue weighted by Gasteiger charge is 2.22. The molecule has 1 N–H and O–H groups in total. The molecule has 1 aromatic carbocycles. The van der Waals surface area contributed by atoms with E-state index in [-0.39, 0.29) is 11.9 Å². The molecule has 3 nitrogen and oxygen atoms in total. The van der Waals surface area contributed by atoms with E-state index < -0.39 is 0 Å². The third-order valence-corrected chi connectivity index (χ3v) is 5.67. The molecule has 0 saturated heterocycles. The van der Waals surface area contributed by atoms with Gasteiger partial charge in [0.25, 0.3) is 0 Å². The highest BCUT2D eigenvalue weighted by atomic mass is 127. The fourth-order valence-corrected chi connectivity index (χ4v) is 5.43. The molecule has 0 saturated carbocycles. The van der Waals surface area contributed by atoms with Crippen LogP contribution in [-0.2, 0) is 16.0 Å². The Bertz CT molecular complexity index is 460. The van der Waals surface area contributed by atoms with Crippen LogP contribution >= 0.6 is 67.8 Å². The van der Waals surface area contributed by atoms with Gasteiger partial charge in [-0.3, -0.25) is 4.79 Å². The van der Waals surface area contributed by atoms with Crippen LogP contribution in [0.1, 0.15) is 18.9 Å². The first-order chi connectivity index (χ1) is 8.42. The third-order valence-electron chi connectivity index (χ3n) is 2.72. The number of halogens is 3. The lowest BCUT2D eigenvalue weighted by molar-refractivity contribution is -0.145.